The van der Waals surface area contributed by atoms with Gasteiger partial charge in [0.15, 0.2) is 0 Å². The Morgan fingerprint density at radius 2 is 0.897 bits per heavy atom. The van der Waals surface area contributed by atoms with E-state index < -0.39 is 61.1 Å². The van der Waals surface area contributed by atoms with Crippen molar-refractivity contribution in [3.05, 3.63) is 0 Å². The van der Waals surface area contributed by atoms with Gasteiger partial charge in [0.1, 0.15) is 5.92 Å². The van der Waals surface area contributed by atoms with E-state index in [0.717, 1.165) is 25.7 Å². The molecule has 0 spiro atoms. The lowest BCUT2D eigenvalue weighted by molar-refractivity contribution is -0.460. The van der Waals surface area contributed by atoms with Crippen LogP contribution in [0.4, 0.5) is 30.7 Å². The van der Waals surface area contributed by atoms with Gasteiger partial charge in [0, 0.05) is 12.8 Å². The van der Waals surface area contributed by atoms with E-state index >= 15 is 17.6 Å². The molecule has 0 N–H and O–H groups in total. The van der Waals surface area contributed by atoms with Crippen LogP contribution in [0.1, 0.15) is 138 Å². The van der Waals surface area contributed by atoms with Gasteiger partial charge in [0.2, 0.25) is 0 Å². The van der Waals surface area contributed by atoms with E-state index in [1.807, 2.05) is 0 Å². The van der Waals surface area contributed by atoms with Crippen LogP contribution in [0.5, 0.6) is 0 Å². The minimum atomic E-state index is -4.52. The van der Waals surface area contributed by atoms with Crippen molar-refractivity contribution in [1.29, 1.82) is 0 Å². The van der Waals surface area contributed by atoms with Crippen molar-refractivity contribution < 1.29 is 44.9 Å². The first-order valence-corrected chi connectivity index (χ1v) is 14.8. The zero-order valence-corrected chi connectivity index (χ0v) is 25.1. The van der Waals surface area contributed by atoms with E-state index in [4.69, 9.17) is 14.2 Å². The molecule has 0 aromatic rings. The van der Waals surface area contributed by atoms with Crippen LogP contribution in [0.3, 0.4) is 0 Å². The zero-order chi connectivity index (χ0) is 30.3. The Kier molecular flexibility index (Phi) is 17.8. The second-order valence-electron chi connectivity index (χ2n) is 11.4. The normalized spacial score (nSPS) is 14.7. The summed E-state index contributed by atoms with van der Waals surface area (Å²) in [7, 11) is 0. The highest BCUT2D eigenvalue weighted by Crippen LogP contribution is 2.51. The molecule has 0 aliphatic carbocycles. The molecule has 0 radical (unpaired) electrons. The van der Waals surface area contributed by atoms with Crippen LogP contribution < -0.4 is 0 Å². The maximum Gasteiger partial charge on any atom is 0.389 e. The first kappa shape index (κ1) is 38.4. The Bertz CT molecular complexity index is 596. The summed E-state index contributed by atoms with van der Waals surface area (Å²) in [5, 5.41) is 0. The summed E-state index contributed by atoms with van der Waals surface area (Å²) in [5.41, 5.74) is 0. The van der Waals surface area contributed by atoms with Gasteiger partial charge in [0.25, 0.3) is 5.97 Å². The van der Waals surface area contributed by atoms with E-state index in [2.05, 4.69) is 6.92 Å². The molecule has 0 rings (SSSR count). The smallest absolute Gasteiger partial charge is 0.324 e. The molecule has 0 aliphatic rings. The van der Waals surface area contributed by atoms with Crippen molar-refractivity contribution in [3.63, 3.8) is 0 Å². The highest BCUT2D eigenvalue weighted by Gasteiger charge is 2.67. The fraction of sp³-hybridized carbons (Fsp3) is 1.00. The molecule has 1 atom stereocenters. The van der Waals surface area contributed by atoms with Crippen LogP contribution in [0, 0.1) is 5.92 Å². The molecule has 0 aromatic heterocycles. The molecule has 0 aromatic carbocycles. The topological polar surface area (TPSA) is 27.7 Å². The Morgan fingerprint density at radius 3 is 1.31 bits per heavy atom. The fourth-order valence-electron chi connectivity index (χ4n) is 4.65. The summed E-state index contributed by atoms with van der Waals surface area (Å²) in [6, 6.07) is 0. The number of hydrogen-bond donors (Lipinski definition) is 0. The lowest BCUT2D eigenvalue weighted by Crippen LogP contribution is -2.61. The molecule has 3 nitrogen and oxygen atoms in total. The van der Waals surface area contributed by atoms with Gasteiger partial charge in [-0.1, -0.05) is 64.7 Å². The van der Waals surface area contributed by atoms with Crippen molar-refractivity contribution in [2.75, 3.05) is 0 Å². The predicted molar refractivity (Wildman–Crippen MR) is 141 cm³/mol. The van der Waals surface area contributed by atoms with Gasteiger partial charge in [-0.25, -0.2) is 0 Å². The maximum absolute atomic E-state index is 16.0. The largest absolute Gasteiger partial charge is 0.389 e. The summed E-state index contributed by atoms with van der Waals surface area (Å²) in [4.78, 5) is 0. The Labute approximate surface area is 231 Å². The summed E-state index contributed by atoms with van der Waals surface area (Å²) < 4.78 is 117. The van der Waals surface area contributed by atoms with Crippen molar-refractivity contribution in [2.45, 2.75) is 181 Å². The molecule has 0 saturated heterocycles. The predicted octanol–water partition coefficient (Wildman–Crippen LogP) is 10.8. The van der Waals surface area contributed by atoms with E-state index in [9.17, 15) is 13.2 Å². The molecule has 0 amide bonds. The average Bonchev–Trinajstić information content (AvgIpc) is 2.75. The molecule has 10 heteroatoms. The minimum absolute atomic E-state index is 0.107. The molecule has 1 unspecified atom stereocenters. The second-order valence-corrected chi connectivity index (χ2v) is 11.4. The molecular formula is C29H53F7O3. The van der Waals surface area contributed by atoms with Gasteiger partial charge >= 0.3 is 18.0 Å². The van der Waals surface area contributed by atoms with Crippen LogP contribution in [0.15, 0.2) is 0 Å². The summed E-state index contributed by atoms with van der Waals surface area (Å²) in [6.45, 7) is 11.7. The molecule has 0 fully saturated rings. The average molecular weight is 583 g/mol. The van der Waals surface area contributed by atoms with Gasteiger partial charge in [-0.15, -0.1) is 0 Å². The van der Waals surface area contributed by atoms with E-state index in [-0.39, 0.29) is 44.9 Å². The Hall–Kier alpha value is -0.610. The van der Waals surface area contributed by atoms with Crippen LogP contribution in [-0.4, -0.2) is 42.3 Å². The zero-order valence-electron chi connectivity index (χ0n) is 25.1. The minimum Gasteiger partial charge on any atom is -0.324 e. The molecule has 0 aliphatic heterocycles. The van der Waals surface area contributed by atoms with Gasteiger partial charge in [-0.05, 0) is 60.8 Å². The number of halogens is 7. The number of alkyl halides is 7. The van der Waals surface area contributed by atoms with Gasteiger partial charge in [0.05, 0.1) is 18.3 Å². The van der Waals surface area contributed by atoms with Crippen LogP contribution in [0.25, 0.3) is 0 Å². The first-order chi connectivity index (χ1) is 17.9. The standard InChI is InChI=1S/C29H53F7O3/c1-8-9-10-11-13-16-19-25(29(37-22(2)3,38-23(4)5)39-24(6)7)28(35,36)26(30,31)20-17-14-12-15-18-21-27(32,33)34/h22-25H,8-21H2,1-7H3. The van der Waals surface area contributed by atoms with E-state index in [1.54, 1.807) is 41.5 Å². The molecule has 0 bridgehead atoms. The van der Waals surface area contributed by atoms with Crippen LogP contribution in [0.2, 0.25) is 0 Å². The molecular weight excluding hydrogens is 529 g/mol. The Morgan fingerprint density at radius 1 is 0.513 bits per heavy atom. The van der Waals surface area contributed by atoms with Crippen molar-refractivity contribution in [1.82, 2.24) is 0 Å². The molecule has 0 heterocycles. The monoisotopic (exact) mass is 582 g/mol. The highest BCUT2D eigenvalue weighted by molar-refractivity contribution is 4.96. The third-order valence-electron chi connectivity index (χ3n) is 6.35. The van der Waals surface area contributed by atoms with Crippen molar-refractivity contribution in [3.8, 4) is 0 Å². The summed E-state index contributed by atoms with van der Waals surface area (Å²) in [6.07, 6.45) is -3.54. The lowest BCUT2D eigenvalue weighted by atomic mass is 9.85. The Balaban J connectivity index is 5.86. The van der Waals surface area contributed by atoms with Gasteiger partial charge < -0.3 is 14.2 Å². The van der Waals surface area contributed by atoms with Crippen molar-refractivity contribution in [2.24, 2.45) is 5.92 Å². The lowest BCUT2D eigenvalue weighted by Gasteiger charge is -2.47. The highest BCUT2D eigenvalue weighted by atomic mass is 19.4. The number of ether oxygens (including phenoxy) is 3. The second kappa shape index (κ2) is 18.0. The molecule has 39 heavy (non-hydrogen) atoms. The first-order valence-electron chi connectivity index (χ1n) is 14.8. The van der Waals surface area contributed by atoms with Crippen LogP contribution in [-0.2, 0) is 14.2 Å². The number of unbranched alkanes of at least 4 members (excludes halogenated alkanes) is 9. The van der Waals surface area contributed by atoms with Gasteiger partial charge in [-0.3, -0.25) is 0 Å². The van der Waals surface area contributed by atoms with Crippen molar-refractivity contribution >= 4 is 0 Å². The van der Waals surface area contributed by atoms with Gasteiger partial charge in [-0.2, -0.15) is 30.7 Å². The number of hydrogen-bond acceptors (Lipinski definition) is 3. The van der Waals surface area contributed by atoms with Crippen LogP contribution >= 0.6 is 0 Å². The number of rotatable bonds is 23. The van der Waals surface area contributed by atoms with E-state index in [0.29, 0.717) is 6.42 Å². The summed E-state index contributed by atoms with van der Waals surface area (Å²) >= 11 is 0. The van der Waals surface area contributed by atoms with E-state index in [1.165, 1.54) is 0 Å². The third-order valence-corrected chi connectivity index (χ3v) is 6.35. The third kappa shape index (κ3) is 15.3. The SMILES string of the molecule is CCCCCCCCC(C(OC(C)C)(OC(C)C)OC(C)C)C(F)(F)C(F)(F)CCCCCCCC(F)(F)F. The molecule has 236 valence electrons. The summed E-state index contributed by atoms with van der Waals surface area (Å²) in [5.74, 6) is -13.4. The fourth-order valence-corrected chi connectivity index (χ4v) is 4.65. The maximum atomic E-state index is 16.0. The quantitative estimate of drug-likeness (QED) is 0.0681. The molecule has 0 saturated carbocycles.